The van der Waals surface area contributed by atoms with E-state index in [4.69, 9.17) is 5.11 Å². The second-order valence-corrected chi connectivity index (χ2v) is 4.22. The van der Waals surface area contributed by atoms with Crippen molar-refractivity contribution in [2.45, 2.75) is 45.1 Å². The molecule has 0 saturated heterocycles. The zero-order chi connectivity index (χ0) is 9.80. The third-order valence-corrected chi connectivity index (χ3v) is 3.06. The number of H-pyrrole nitrogens is 1. The summed E-state index contributed by atoms with van der Waals surface area (Å²) < 4.78 is 0. The average molecular weight is 194 g/mol. The predicted molar refractivity (Wildman–Crippen MR) is 54.8 cm³/mol. The number of rotatable bonds is 3. The Morgan fingerprint density at radius 2 is 2.14 bits per heavy atom. The molecule has 0 unspecified atom stereocenters. The van der Waals surface area contributed by atoms with Crippen LogP contribution in [-0.2, 0) is 13.0 Å². The summed E-state index contributed by atoms with van der Waals surface area (Å²) in [5.74, 6) is 1.85. The molecule has 1 fully saturated rings. The first kappa shape index (κ1) is 9.71. The molecule has 0 bridgehead atoms. The van der Waals surface area contributed by atoms with Gasteiger partial charge in [-0.2, -0.15) is 0 Å². The van der Waals surface area contributed by atoms with E-state index in [9.17, 15) is 0 Å². The van der Waals surface area contributed by atoms with Crippen molar-refractivity contribution in [3.63, 3.8) is 0 Å². The van der Waals surface area contributed by atoms with Gasteiger partial charge in [-0.25, -0.2) is 4.98 Å². The van der Waals surface area contributed by atoms with E-state index in [1.165, 1.54) is 32.1 Å². The topological polar surface area (TPSA) is 48.9 Å². The Labute approximate surface area is 84.6 Å². The van der Waals surface area contributed by atoms with E-state index in [1.807, 2.05) is 0 Å². The SMILES string of the molecule is OCc1cnc(CC2CCCCC2)[nH]1. The van der Waals surface area contributed by atoms with Crippen LogP contribution in [0.1, 0.15) is 43.6 Å². The molecule has 2 N–H and O–H groups in total. The van der Waals surface area contributed by atoms with E-state index in [1.54, 1.807) is 6.20 Å². The number of aromatic amines is 1. The molecule has 1 aliphatic rings. The molecule has 1 aromatic heterocycles. The lowest BCUT2D eigenvalue weighted by molar-refractivity contribution is 0.277. The quantitative estimate of drug-likeness (QED) is 0.773. The van der Waals surface area contributed by atoms with Crippen LogP contribution >= 0.6 is 0 Å². The zero-order valence-electron chi connectivity index (χ0n) is 8.50. The third-order valence-electron chi connectivity index (χ3n) is 3.06. The van der Waals surface area contributed by atoms with Crippen LogP contribution in [0.4, 0.5) is 0 Å². The molecular weight excluding hydrogens is 176 g/mol. The summed E-state index contributed by atoms with van der Waals surface area (Å²) in [4.78, 5) is 7.41. The van der Waals surface area contributed by atoms with Crippen molar-refractivity contribution >= 4 is 0 Å². The highest BCUT2D eigenvalue weighted by molar-refractivity contribution is 5.00. The van der Waals surface area contributed by atoms with Crippen molar-refractivity contribution in [3.8, 4) is 0 Å². The summed E-state index contributed by atoms with van der Waals surface area (Å²) in [5, 5.41) is 8.89. The second kappa shape index (κ2) is 4.60. The van der Waals surface area contributed by atoms with Crippen molar-refractivity contribution in [2.75, 3.05) is 0 Å². The van der Waals surface area contributed by atoms with Gasteiger partial charge in [-0.05, 0) is 5.92 Å². The summed E-state index contributed by atoms with van der Waals surface area (Å²) >= 11 is 0. The molecular formula is C11H18N2O. The summed E-state index contributed by atoms with van der Waals surface area (Å²) in [7, 11) is 0. The molecule has 1 aliphatic carbocycles. The Hall–Kier alpha value is -0.830. The second-order valence-electron chi connectivity index (χ2n) is 4.22. The van der Waals surface area contributed by atoms with E-state index in [0.717, 1.165) is 23.9 Å². The highest BCUT2D eigenvalue weighted by atomic mass is 16.3. The van der Waals surface area contributed by atoms with Crippen molar-refractivity contribution in [1.82, 2.24) is 9.97 Å². The summed E-state index contributed by atoms with van der Waals surface area (Å²) in [6.45, 7) is 0.0671. The molecule has 1 aromatic rings. The molecule has 2 rings (SSSR count). The van der Waals surface area contributed by atoms with Crippen LogP contribution in [0.25, 0.3) is 0 Å². The average Bonchev–Trinajstić information content (AvgIpc) is 2.67. The molecule has 14 heavy (non-hydrogen) atoms. The number of aromatic nitrogens is 2. The van der Waals surface area contributed by atoms with E-state index in [0.29, 0.717) is 0 Å². The smallest absolute Gasteiger partial charge is 0.106 e. The van der Waals surface area contributed by atoms with Crippen molar-refractivity contribution < 1.29 is 5.11 Å². The lowest BCUT2D eigenvalue weighted by atomic mass is 9.87. The van der Waals surface area contributed by atoms with Gasteiger partial charge in [-0.3, -0.25) is 0 Å². The lowest BCUT2D eigenvalue weighted by Crippen LogP contribution is -2.10. The van der Waals surface area contributed by atoms with Gasteiger partial charge in [0.15, 0.2) is 0 Å². The molecule has 1 saturated carbocycles. The van der Waals surface area contributed by atoms with E-state index >= 15 is 0 Å². The van der Waals surface area contributed by atoms with Crippen LogP contribution in [0, 0.1) is 5.92 Å². The normalized spacial score (nSPS) is 18.6. The number of nitrogens with one attached hydrogen (secondary N) is 1. The van der Waals surface area contributed by atoms with Gasteiger partial charge >= 0.3 is 0 Å². The Balaban J connectivity index is 1.89. The zero-order valence-corrected chi connectivity index (χ0v) is 8.50. The van der Waals surface area contributed by atoms with Crippen molar-refractivity contribution in [3.05, 3.63) is 17.7 Å². The first-order chi connectivity index (χ1) is 6.88. The predicted octanol–water partition coefficient (Wildman–Crippen LogP) is 2.02. The first-order valence-electron chi connectivity index (χ1n) is 5.52. The van der Waals surface area contributed by atoms with E-state index in [-0.39, 0.29) is 6.61 Å². The molecule has 0 aliphatic heterocycles. The monoisotopic (exact) mass is 194 g/mol. The third kappa shape index (κ3) is 2.35. The fraction of sp³-hybridized carbons (Fsp3) is 0.727. The number of hydrogen-bond donors (Lipinski definition) is 2. The van der Waals surface area contributed by atoms with Gasteiger partial charge in [0.05, 0.1) is 18.5 Å². The van der Waals surface area contributed by atoms with Crippen LogP contribution in [0.3, 0.4) is 0 Å². The largest absolute Gasteiger partial charge is 0.390 e. The standard InChI is InChI=1S/C11H18N2O/c14-8-10-7-12-11(13-10)6-9-4-2-1-3-5-9/h7,9,14H,1-6,8H2,(H,12,13). The minimum atomic E-state index is 0.0671. The molecule has 1 heterocycles. The van der Waals surface area contributed by atoms with E-state index in [2.05, 4.69) is 9.97 Å². The minimum Gasteiger partial charge on any atom is -0.390 e. The van der Waals surface area contributed by atoms with Crippen LogP contribution in [0.5, 0.6) is 0 Å². The Bertz CT molecular complexity index is 277. The highest BCUT2D eigenvalue weighted by Crippen LogP contribution is 2.25. The van der Waals surface area contributed by atoms with Crippen LogP contribution in [-0.4, -0.2) is 15.1 Å². The summed E-state index contributed by atoms with van der Waals surface area (Å²) in [6, 6.07) is 0. The first-order valence-corrected chi connectivity index (χ1v) is 5.52. The molecule has 3 nitrogen and oxygen atoms in total. The maximum atomic E-state index is 8.89. The van der Waals surface area contributed by atoms with Gasteiger partial charge < -0.3 is 10.1 Å². The van der Waals surface area contributed by atoms with Gasteiger partial charge in [0.2, 0.25) is 0 Å². The highest BCUT2D eigenvalue weighted by Gasteiger charge is 2.15. The van der Waals surface area contributed by atoms with Crippen LogP contribution < -0.4 is 0 Å². The minimum absolute atomic E-state index is 0.0671. The van der Waals surface area contributed by atoms with Gasteiger partial charge in [-0.1, -0.05) is 32.1 Å². The molecule has 78 valence electrons. The maximum Gasteiger partial charge on any atom is 0.106 e. The van der Waals surface area contributed by atoms with Crippen LogP contribution in [0.15, 0.2) is 6.20 Å². The van der Waals surface area contributed by atoms with E-state index < -0.39 is 0 Å². The molecule has 0 radical (unpaired) electrons. The summed E-state index contributed by atoms with van der Waals surface area (Å²) in [5.41, 5.74) is 0.829. The fourth-order valence-electron chi connectivity index (χ4n) is 2.25. The molecule has 3 heteroatoms. The Morgan fingerprint density at radius 3 is 2.79 bits per heavy atom. The van der Waals surface area contributed by atoms with Gasteiger partial charge in [0, 0.05) is 6.42 Å². The lowest BCUT2D eigenvalue weighted by Gasteiger charge is -2.20. The number of nitrogens with zero attached hydrogens (tertiary/aromatic N) is 1. The Morgan fingerprint density at radius 1 is 1.36 bits per heavy atom. The molecule has 0 spiro atoms. The molecule has 0 atom stereocenters. The van der Waals surface area contributed by atoms with Gasteiger partial charge in [0.25, 0.3) is 0 Å². The fourth-order valence-corrected chi connectivity index (χ4v) is 2.25. The summed E-state index contributed by atoms with van der Waals surface area (Å²) in [6.07, 6.45) is 9.62. The number of imidazole rings is 1. The van der Waals surface area contributed by atoms with Crippen LogP contribution in [0.2, 0.25) is 0 Å². The number of aliphatic hydroxyl groups excluding tert-OH is 1. The molecule has 0 amide bonds. The van der Waals surface area contributed by atoms with Crippen molar-refractivity contribution in [2.24, 2.45) is 5.92 Å². The van der Waals surface area contributed by atoms with Gasteiger partial charge in [-0.15, -0.1) is 0 Å². The number of hydrogen-bond acceptors (Lipinski definition) is 2. The van der Waals surface area contributed by atoms with Gasteiger partial charge in [0.1, 0.15) is 5.82 Å². The molecule has 0 aromatic carbocycles. The maximum absolute atomic E-state index is 8.89. The van der Waals surface area contributed by atoms with Crippen molar-refractivity contribution in [1.29, 1.82) is 0 Å². The Kier molecular flexibility index (Phi) is 3.19. The number of aliphatic hydroxyl groups is 1.